The van der Waals surface area contributed by atoms with Gasteiger partial charge < -0.3 is 29.0 Å². The first-order valence-corrected chi connectivity index (χ1v) is 18.5. The van der Waals surface area contributed by atoms with Crippen LogP contribution in [0.2, 0.25) is 0 Å². The molecule has 6 aromatic rings. The van der Waals surface area contributed by atoms with E-state index in [1.54, 1.807) is 0 Å². The van der Waals surface area contributed by atoms with E-state index in [0.717, 1.165) is 39.7 Å². The number of phosphoric acid groups is 2. The van der Waals surface area contributed by atoms with Crippen molar-refractivity contribution in [3.63, 3.8) is 0 Å². The summed E-state index contributed by atoms with van der Waals surface area (Å²) >= 11 is 0. The molecule has 256 valence electrons. The monoisotopic (exact) mass is 710 g/mol. The van der Waals surface area contributed by atoms with Crippen molar-refractivity contribution in [2.24, 2.45) is 0 Å². The minimum absolute atomic E-state index is 0.314. The number of ether oxygens (including phenoxy) is 2. The predicted octanol–water partition coefficient (Wildman–Crippen LogP) is 10.1. The molecule has 0 aromatic heterocycles. The zero-order valence-corrected chi connectivity index (χ0v) is 29.0. The van der Waals surface area contributed by atoms with E-state index >= 15 is 0 Å². The predicted molar refractivity (Wildman–Crippen MR) is 194 cm³/mol. The van der Waals surface area contributed by atoms with E-state index in [1.165, 1.54) is 16.7 Å². The van der Waals surface area contributed by atoms with Crippen molar-refractivity contribution in [1.82, 2.24) is 0 Å². The minimum atomic E-state index is -5.05. The average Bonchev–Trinajstić information content (AvgIpc) is 3.09. The molecule has 0 aliphatic heterocycles. The molecule has 0 heterocycles. The van der Waals surface area contributed by atoms with Crippen molar-refractivity contribution in [1.29, 1.82) is 0 Å². The van der Waals surface area contributed by atoms with E-state index in [-0.39, 0.29) is 5.41 Å². The van der Waals surface area contributed by atoms with E-state index in [1.807, 2.05) is 60.7 Å². The van der Waals surface area contributed by atoms with Gasteiger partial charge in [-0.1, -0.05) is 129 Å². The lowest BCUT2D eigenvalue weighted by molar-refractivity contribution is 0.225. The van der Waals surface area contributed by atoms with Gasteiger partial charge in [0.2, 0.25) is 0 Å². The molecule has 0 radical (unpaired) electrons. The molecule has 0 unspecified atom stereocenters. The van der Waals surface area contributed by atoms with Crippen LogP contribution in [0.4, 0.5) is 0 Å². The maximum atomic E-state index is 9.63. The number of benzene rings is 6. The molecule has 0 fully saturated rings. The van der Waals surface area contributed by atoms with Crippen LogP contribution in [0.25, 0.3) is 22.3 Å². The highest BCUT2D eigenvalue weighted by Crippen LogP contribution is 2.54. The maximum Gasteiger partial charge on any atom is 0.478 e. The van der Waals surface area contributed by atoms with Gasteiger partial charge in [-0.25, -0.2) is 9.13 Å². The second-order valence-corrected chi connectivity index (χ2v) is 14.3. The van der Waals surface area contributed by atoms with Gasteiger partial charge in [-0.3, -0.25) is 0 Å². The molecule has 0 spiro atoms. The van der Waals surface area contributed by atoms with Crippen molar-refractivity contribution in [3.05, 3.63) is 169 Å². The third kappa shape index (κ3) is 9.88. The SMILES string of the molecule is CC(C)(c1ccc(Oc2ccccc2)cc1)c1ccc(Oc2ccccc2)c(-c2ccccc2)c1-c1ccccc1.O=P(O)(O)OP(=O)(O)O. The van der Waals surface area contributed by atoms with Gasteiger partial charge in [-0.2, -0.15) is 4.31 Å². The van der Waals surface area contributed by atoms with Gasteiger partial charge in [0.05, 0.1) is 0 Å². The van der Waals surface area contributed by atoms with Crippen molar-refractivity contribution in [3.8, 4) is 45.3 Å². The molecule has 0 bridgehead atoms. The molecule has 6 aromatic carbocycles. The van der Waals surface area contributed by atoms with Crippen LogP contribution in [0, 0.1) is 0 Å². The van der Waals surface area contributed by atoms with Crippen LogP contribution in [0.3, 0.4) is 0 Å². The van der Waals surface area contributed by atoms with E-state index in [4.69, 9.17) is 29.0 Å². The van der Waals surface area contributed by atoms with Gasteiger partial charge in [-0.05, 0) is 70.3 Å². The number of hydrogen-bond acceptors (Lipinski definition) is 5. The lowest BCUT2D eigenvalue weighted by atomic mass is 9.73. The van der Waals surface area contributed by atoms with E-state index in [9.17, 15) is 9.13 Å². The molecule has 0 aliphatic carbocycles. The highest BCUT2D eigenvalue weighted by Gasteiger charge is 2.30. The Morgan fingerprint density at radius 3 is 1.30 bits per heavy atom. The number of hydrogen-bond donors (Lipinski definition) is 4. The summed E-state index contributed by atoms with van der Waals surface area (Å²) in [6.45, 7) is 4.57. The second kappa shape index (κ2) is 15.8. The molecule has 0 aliphatic rings. The van der Waals surface area contributed by atoms with Crippen molar-refractivity contribution in [2.45, 2.75) is 19.3 Å². The van der Waals surface area contributed by atoms with Gasteiger partial charge in [-0.15, -0.1) is 0 Å². The minimum Gasteiger partial charge on any atom is -0.457 e. The first kappa shape index (κ1) is 36.5. The summed E-state index contributed by atoms with van der Waals surface area (Å²) in [6.07, 6.45) is 0. The Labute approximate surface area is 290 Å². The highest BCUT2D eigenvalue weighted by molar-refractivity contribution is 7.60. The molecule has 0 saturated heterocycles. The van der Waals surface area contributed by atoms with Gasteiger partial charge in [0, 0.05) is 11.0 Å². The van der Waals surface area contributed by atoms with Crippen molar-refractivity contribution in [2.75, 3.05) is 0 Å². The Balaban J connectivity index is 0.000000478. The van der Waals surface area contributed by atoms with Crippen LogP contribution in [0.5, 0.6) is 23.0 Å². The Morgan fingerprint density at radius 2 is 0.860 bits per heavy atom. The third-order valence-corrected chi connectivity index (χ3v) is 9.41. The molecule has 0 saturated carbocycles. The van der Waals surface area contributed by atoms with Crippen LogP contribution in [-0.4, -0.2) is 19.6 Å². The number of para-hydroxylation sites is 2. The summed E-state index contributed by atoms with van der Waals surface area (Å²) < 4.78 is 34.8. The summed E-state index contributed by atoms with van der Waals surface area (Å²) in [5.41, 5.74) is 6.62. The average molecular weight is 711 g/mol. The quantitative estimate of drug-likeness (QED) is 0.102. The number of rotatable bonds is 10. The van der Waals surface area contributed by atoms with Gasteiger partial charge in [0.25, 0.3) is 0 Å². The highest BCUT2D eigenvalue weighted by atomic mass is 31.3. The zero-order chi connectivity index (χ0) is 35.8. The molecule has 9 nitrogen and oxygen atoms in total. The second-order valence-electron chi connectivity index (χ2n) is 11.6. The van der Waals surface area contributed by atoms with Crippen LogP contribution in [0.15, 0.2) is 158 Å². The lowest BCUT2D eigenvalue weighted by Gasteiger charge is -2.31. The first-order valence-electron chi connectivity index (χ1n) is 15.5. The summed E-state index contributed by atoms with van der Waals surface area (Å²) in [4.78, 5) is 31.0. The summed E-state index contributed by atoms with van der Waals surface area (Å²) in [6, 6.07) is 53.8. The molecular weight excluding hydrogens is 674 g/mol. The smallest absolute Gasteiger partial charge is 0.457 e. The Hall–Kier alpha value is -4.82. The Bertz CT molecular complexity index is 2060. The fraction of sp³-hybridized carbons (Fsp3) is 0.0769. The van der Waals surface area contributed by atoms with Gasteiger partial charge in [0.1, 0.15) is 23.0 Å². The van der Waals surface area contributed by atoms with Crippen LogP contribution in [-0.2, 0) is 18.9 Å². The molecule has 6 rings (SSSR count). The van der Waals surface area contributed by atoms with Crippen LogP contribution < -0.4 is 9.47 Å². The molecule has 0 atom stereocenters. The van der Waals surface area contributed by atoms with Crippen LogP contribution in [0.1, 0.15) is 25.0 Å². The fourth-order valence-corrected chi connectivity index (χ4v) is 6.57. The summed E-state index contributed by atoms with van der Waals surface area (Å²) in [5.74, 6) is 3.28. The fourth-order valence-electron chi connectivity index (χ4n) is 5.46. The molecule has 4 N–H and O–H groups in total. The third-order valence-electron chi connectivity index (χ3n) is 7.70. The molecule has 0 amide bonds. The summed E-state index contributed by atoms with van der Waals surface area (Å²) in [7, 11) is -10.1. The summed E-state index contributed by atoms with van der Waals surface area (Å²) in [5, 5.41) is 0. The van der Waals surface area contributed by atoms with E-state index in [0.29, 0.717) is 0 Å². The Kier molecular flexibility index (Phi) is 11.5. The zero-order valence-electron chi connectivity index (χ0n) is 27.2. The van der Waals surface area contributed by atoms with Gasteiger partial charge >= 0.3 is 15.6 Å². The molecular formula is C39H36O9P2. The van der Waals surface area contributed by atoms with E-state index in [2.05, 4.69) is 115 Å². The largest absolute Gasteiger partial charge is 0.478 e. The standard InChI is InChI=1S/C39H32O2.H4O7P2/c1-39(2,31-23-25-34(26-24-31)40-32-19-11-5-12-20-32)35-27-28-36(41-33-21-13-6-14-22-33)38(30-17-9-4-10-18-30)37(35)29-15-7-3-8-16-29;1-8(2,3)7-9(4,5)6/h3-28H,1-2H3;(H2,1,2,3)(H2,4,5,6). The Morgan fingerprint density at radius 1 is 0.460 bits per heavy atom. The maximum absolute atomic E-state index is 9.63. The normalized spacial score (nSPS) is 11.6. The van der Waals surface area contributed by atoms with E-state index < -0.39 is 15.6 Å². The molecule has 50 heavy (non-hydrogen) atoms. The van der Waals surface area contributed by atoms with Crippen LogP contribution >= 0.6 is 15.6 Å². The van der Waals surface area contributed by atoms with Gasteiger partial charge in [0.15, 0.2) is 0 Å². The molecule has 11 heteroatoms. The first-order chi connectivity index (χ1) is 23.8. The topological polar surface area (TPSA) is 143 Å². The van der Waals surface area contributed by atoms with Crippen molar-refractivity contribution >= 4 is 15.6 Å². The van der Waals surface area contributed by atoms with Crippen molar-refractivity contribution < 1.29 is 42.5 Å². The lowest BCUT2D eigenvalue weighted by Crippen LogP contribution is -2.20.